The van der Waals surface area contributed by atoms with E-state index in [0.29, 0.717) is 0 Å². The maximum absolute atomic E-state index is 5.36. The first kappa shape index (κ1) is 15.7. The van der Waals surface area contributed by atoms with Gasteiger partial charge in [-0.15, -0.1) is 0 Å². The summed E-state index contributed by atoms with van der Waals surface area (Å²) in [5.41, 5.74) is 4.00. The largest absolute Gasteiger partial charge is 0.591 e. The zero-order valence-electron chi connectivity index (χ0n) is 13.4. The van der Waals surface area contributed by atoms with Crippen LogP contribution in [0.25, 0.3) is 21.5 Å². The van der Waals surface area contributed by atoms with Crippen LogP contribution in [0, 0.1) is 11.5 Å². The standard InChI is InChI=1S/C19H18O3Si/c1-20-23(21-2,22-3)12-11-15-9-6-10-18-13-16-7-4-5-8-17(16)14-19(15)18/h4-10,13-14H,1-3H3. The summed E-state index contributed by atoms with van der Waals surface area (Å²) in [4.78, 5) is 0. The Bertz CT molecular complexity index is 896. The fourth-order valence-corrected chi connectivity index (χ4v) is 3.72. The first-order valence-corrected chi connectivity index (χ1v) is 9.04. The third kappa shape index (κ3) is 3.00. The molecule has 0 radical (unpaired) electrons. The fraction of sp³-hybridized carbons (Fsp3) is 0.158. The molecule has 0 fully saturated rings. The molecule has 0 spiro atoms. The van der Waals surface area contributed by atoms with Crippen LogP contribution in [0.15, 0.2) is 54.6 Å². The van der Waals surface area contributed by atoms with Crippen molar-refractivity contribution in [3.8, 4) is 11.5 Å². The van der Waals surface area contributed by atoms with E-state index in [1.807, 2.05) is 24.3 Å². The Morgan fingerprint density at radius 2 is 1.35 bits per heavy atom. The molecule has 3 aromatic rings. The van der Waals surface area contributed by atoms with Crippen LogP contribution in [0.1, 0.15) is 5.56 Å². The monoisotopic (exact) mass is 322 g/mol. The van der Waals surface area contributed by atoms with E-state index in [1.54, 1.807) is 21.3 Å². The summed E-state index contributed by atoms with van der Waals surface area (Å²) in [7, 11) is 1.78. The maximum atomic E-state index is 5.36. The lowest BCUT2D eigenvalue weighted by Crippen LogP contribution is -2.41. The van der Waals surface area contributed by atoms with Gasteiger partial charge in [0.05, 0.1) is 0 Å². The lowest BCUT2D eigenvalue weighted by Gasteiger charge is -2.17. The second-order valence-corrected chi connectivity index (χ2v) is 7.73. The molecule has 0 saturated carbocycles. The number of hydrogen-bond donors (Lipinski definition) is 0. The molecule has 0 aliphatic carbocycles. The van der Waals surface area contributed by atoms with Gasteiger partial charge in [0.25, 0.3) is 0 Å². The average molecular weight is 322 g/mol. The molecule has 116 valence electrons. The van der Waals surface area contributed by atoms with Crippen molar-refractivity contribution in [1.29, 1.82) is 0 Å². The van der Waals surface area contributed by atoms with Crippen molar-refractivity contribution < 1.29 is 13.3 Å². The Balaban J connectivity index is 2.17. The molecule has 0 amide bonds. The van der Waals surface area contributed by atoms with Crippen LogP contribution < -0.4 is 0 Å². The minimum atomic E-state index is -2.90. The molecule has 0 N–H and O–H groups in total. The Labute approximate surface area is 137 Å². The van der Waals surface area contributed by atoms with Gasteiger partial charge in [0.1, 0.15) is 0 Å². The molecule has 0 saturated heterocycles. The number of hydrogen-bond acceptors (Lipinski definition) is 3. The van der Waals surface area contributed by atoms with Crippen LogP contribution in [-0.2, 0) is 13.3 Å². The second-order valence-electron chi connectivity index (χ2n) is 5.14. The smallest absolute Gasteiger partial charge is 0.367 e. The van der Waals surface area contributed by atoms with E-state index >= 15 is 0 Å². The second kappa shape index (κ2) is 6.53. The van der Waals surface area contributed by atoms with Crippen molar-refractivity contribution in [3.63, 3.8) is 0 Å². The average Bonchev–Trinajstić information content (AvgIpc) is 2.61. The first-order chi connectivity index (χ1) is 11.2. The van der Waals surface area contributed by atoms with Crippen molar-refractivity contribution in [1.82, 2.24) is 0 Å². The van der Waals surface area contributed by atoms with Gasteiger partial charge in [0, 0.05) is 26.9 Å². The number of rotatable bonds is 3. The number of benzene rings is 3. The summed E-state index contributed by atoms with van der Waals surface area (Å²) in [6.45, 7) is 0. The van der Waals surface area contributed by atoms with Crippen molar-refractivity contribution in [2.45, 2.75) is 0 Å². The molecule has 23 heavy (non-hydrogen) atoms. The van der Waals surface area contributed by atoms with Gasteiger partial charge >= 0.3 is 8.80 Å². The van der Waals surface area contributed by atoms with Gasteiger partial charge in [0.15, 0.2) is 0 Å². The molecular formula is C19H18O3Si. The van der Waals surface area contributed by atoms with Crippen molar-refractivity contribution in [2.24, 2.45) is 0 Å². The molecule has 3 nitrogen and oxygen atoms in total. The van der Waals surface area contributed by atoms with Crippen molar-refractivity contribution in [3.05, 3.63) is 60.2 Å². The molecule has 0 unspecified atom stereocenters. The SMILES string of the molecule is CO[Si](C#Cc1cccc2cc3ccccc3cc12)(OC)OC. The molecule has 0 atom stereocenters. The number of fused-ring (bicyclic) bond motifs is 2. The molecular weight excluding hydrogens is 304 g/mol. The van der Waals surface area contributed by atoms with E-state index in [4.69, 9.17) is 13.3 Å². The maximum Gasteiger partial charge on any atom is 0.591 e. The summed E-state index contributed by atoms with van der Waals surface area (Å²) in [5.74, 6) is 3.18. The van der Waals surface area contributed by atoms with E-state index in [-0.39, 0.29) is 0 Å². The zero-order valence-corrected chi connectivity index (χ0v) is 14.4. The molecule has 0 bridgehead atoms. The lowest BCUT2D eigenvalue weighted by atomic mass is 10.0. The van der Waals surface area contributed by atoms with E-state index in [9.17, 15) is 0 Å². The highest BCUT2D eigenvalue weighted by molar-refractivity contribution is 6.69. The van der Waals surface area contributed by atoms with Crippen LogP contribution in [0.2, 0.25) is 0 Å². The fourth-order valence-electron chi connectivity index (χ4n) is 2.62. The van der Waals surface area contributed by atoms with E-state index in [0.717, 1.165) is 16.3 Å². The van der Waals surface area contributed by atoms with E-state index in [2.05, 4.69) is 41.8 Å². The topological polar surface area (TPSA) is 27.7 Å². The summed E-state index contributed by atoms with van der Waals surface area (Å²) >= 11 is 0. The van der Waals surface area contributed by atoms with Gasteiger partial charge in [-0.2, -0.15) is 0 Å². The highest BCUT2D eigenvalue weighted by Gasteiger charge is 2.36. The van der Waals surface area contributed by atoms with Crippen LogP contribution in [0.5, 0.6) is 0 Å². The van der Waals surface area contributed by atoms with Gasteiger partial charge in [-0.25, -0.2) is 0 Å². The van der Waals surface area contributed by atoms with Crippen LogP contribution in [-0.4, -0.2) is 30.1 Å². The molecule has 3 rings (SSSR count). The quantitative estimate of drug-likeness (QED) is 0.417. The molecule has 0 aliphatic rings. The normalized spacial score (nSPS) is 11.4. The van der Waals surface area contributed by atoms with Crippen LogP contribution in [0.3, 0.4) is 0 Å². The third-order valence-electron chi connectivity index (χ3n) is 3.90. The molecule has 0 heterocycles. The highest BCUT2D eigenvalue weighted by Crippen LogP contribution is 2.25. The Morgan fingerprint density at radius 1 is 0.739 bits per heavy atom. The molecule has 3 aromatic carbocycles. The zero-order chi connectivity index (χ0) is 16.3. The lowest BCUT2D eigenvalue weighted by molar-refractivity contribution is 0.141. The highest BCUT2D eigenvalue weighted by atomic mass is 28.4. The Morgan fingerprint density at radius 3 is 2.00 bits per heavy atom. The van der Waals surface area contributed by atoms with Gasteiger partial charge in [-0.05, 0) is 45.3 Å². The predicted octanol–water partition coefficient (Wildman–Crippen LogP) is 3.76. The first-order valence-electron chi connectivity index (χ1n) is 7.31. The summed E-state index contributed by atoms with van der Waals surface area (Å²) < 4.78 is 16.1. The van der Waals surface area contributed by atoms with E-state index < -0.39 is 8.80 Å². The molecule has 0 aliphatic heterocycles. The van der Waals surface area contributed by atoms with Gasteiger partial charge in [0.2, 0.25) is 0 Å². The summed E-state index contributed by atoms with van der Waals surface area (Å²) in [6.07, 6.45) is 0. The van der Waals surface area contributed by atoms with Crippen LogP contribution >= 0.6 is 0 Å². The summed E-state index contributed by atoms with van der Waals surface area (Å²) in [5, 5.41) is 4.70. The predicted molar refractivity (Wildman–Crippen MR) is 95.1 cm³/mol. The minimum Gasteiger partial charge on any atom is -0.367 e. The Hall–Kier alpha value is -2.16. The van der Waals surface area contributed by atoms with Gasteiger partial charge < -0.3 is 13.3 Å². The Kier molecular flexibility index (Phi) is 4.46. The van der Waals surface area contributed by atoms with Crippen molar-refractivity contribution in [2.75, 3.05) is 21.3 Å². The molecule has 4 heteroatoms. The van der Waals surface area contributed by atoms with E-state index in [1.165, 1.54) is 10.8 Å². The van der Waals surface area contributed by atoms with Crippen LogP contribution in [0.4, 0.5) is 0 Å². The van der Waals surface area contributed by atoms with Crippen molar-refractivity contribution >= 4 is 30.3 Å². The third-order valence-corrected chi connectivity index (χ3v) is 5.95. The van der Waals surface area contributed by atoms with Gasteiger partial charge in [-0.3, -0.25) is 0 Å². The molecule has 0 aromatic heterocycles. The summed E-state index contributed by atoms with van der Waals surface area (Å²) in [6, 6.07) is 18.8. The minimum absolute atomic E-state index is 0.941. The van der Waals surface area contributed by atoms with Gasteiger partial charge in [-0.1, -0.05) is 42.3 Å².